The molecule has 0 unspecified atom stereocenters. The fourth-order valence-corrected chi connectivity index (χ4v) is 2.09. The minimum atomic E-state index is -0.204. The lowest BCUT2D eigenvalue weighted by Crippen LogP contribution is -2.51. The van der Waals surface area contributed by atoms with Crippen LogP contribution >= 0.6 is 0 Å². The van der Waals surface area contributed by atoms with E-state index in [0.29, 0.717) is 19.0 Å². The molecular weight excluding hydrogens is 256 g/mol. The van der Waals surface area contributed by atoms with Crippen LogP contribution in [0.4, 0.5) is 4.79 Å². The van der Waals surface area contributed by atoms with E-state index in [-0.39, 0.29) is 17.7 Å². The summed E-state index contributed by atoms with van der Waals surface area (Å²) in [5, 5.41) is 2.98. The fourth-order valence-electron chi connectivity index (χ4n) is 2.09. The molecule has 6 heteroatoms. The predicted molar refractivity (Wildman–Crippen MR) is 75.5 cm³/mol. The Morgan fingerprint density at radius 2 is 2.05 bits per heavy atom. The number of carbonyl (C=O) groups excluding carboxylic acids is 1. The maximum Gasteiger partial charge on any atom is 0.317 e. The van der Waals surface area contributed by atoms with Gasteiger partial charge in [0.1, 0.15) is 6.10 Å². The van der Waals surface area contributed by atoms with E-state index in [2.05, 4.69) is 15.3 Å². The Hall–Kier alpha value is -1.85. The highest BCUT2D eigenvalue weighted by Crippen LogP contribution is 2.16. The number of urea groups is 1. The van der Waals surface area contributed by atoms with Crippen LogP contribution < -0.4 is 10.1 Å². The van der Waals surface area contributed by atoms with Crippen molar-refractivity contribution in [3.63, 3.8) is 0 Å². The molecule has 1 aromatic heterocycles. The molecule has 1 N–H and O–H groups in total. The summed E-state index contributed by atoms with van der Waals surface area (Å²) in [6, 6.07) is -0.00421. The van der Waals surface area contributed by atoms with Crippen LogP contribution in [-0.2, 0) is 0 Å². The second-order valence-corrected chi connectivity index (χ2v) is 6.03. The normalized spacial score (nSPS) is 16.9. The maximum atomic E-state index is 12.0. The Balaban J connectivity index is 1.79. The van der Waals surface area contributed by atoms with Gasteiger partial charge < -0.3 is 15.0 Å². The molecule has 0 atom stereocenters. The van der Waals surface area contributed by atoms with Crippen molar-refractivity contribution in [2.45, 2.75) is 45.3 Å². The molecule has 1 fully saturated rings. The van der Waals surface area contributed by atoms with Crippen molar-refractivity contribution in [1.29, 1.82) is 0 Å². The summed E-state index contributed by atoms with van der Waals surface area (Å²) < 4.78 is 5.75. The van der Waals surface area contributed by atoms with Gasteiger partial charge in [-0.05, 0) is 20.8 Å². The Morgan fingerprint density at radius 1 is 1.35 bits per heavy atom. The number of nitrogens with one attached hydrogen (secondary N) is 1. The van der Waals surface area contributed by atoms with Gasteiger partial charge in [-0.3, -0.25) is 4.98 Å². The number of ether oxygens (including phenoxy) is 1. The molecule has 2 rings (SSSR count). The summed E-state index contributed by atoms with van der Waals surface area (Å²) in [5.41, 5.74) is -0.204. The zero-order valence-electron chi connectivity index (χ0n) is 12.3. The van der Waals surface area contributed by atoms with E-state index < -0.39 is 0 Å². The van der Waals surface area contributed by atoms with Crippen molar-refractivity contribution < 1.29 is 9.53 Å². The molecule has 0 spiro atoms. The molecule has 0 aromatic carbocycles. The SMILES string of the molecule is CC(C)(C)NC(=O)N1CCC(Oc2cnccn2)CC1. The van der Waals surface area contributed by atoms with Crippen LogP contribution in [0.15, 0.2) is 18.6 Å². The van der Waals surface area contributed by atoms with E-state index in [9.17, 15) is 4.79 Å². The molecule has 1 aliphatic heterocycles. The topological polar surface area (TPSA) is 67.4 Å². The lowest BCUT2D eigenvalue weighted by Gasteiger charge is -2.34. The van der Waals surface area contributed by atoms with Gasteiger partial charge in [-0.1, -0.05) is 0 Å². The van der Waals surface area contributed by atoms with E-state index in [0.717, 1.165) is 12.8 Å². The van der Waals surface area contributed by atoms with Gasteiger partial charge in [0.2, 0.25) is 5.88 Å². The molecule has 0 aliphatic carbocycles. The van der Waals surface area contributed by atoms with Gasteiger partial charge in [-0.2, -0.15) is 0 Å². The number of amides is 2. The number of likely N-dealkylation sites (tertiary alicyclic amines) is 1. The monoisotopic (exact) mass is 278 g/mol. The van der Waals surface area contributed by atoms with E-state index in [1.165, 1.54) is 0 Å². The van der Waals surface area contributed by atoms with Crippen LogP contribution in [0.25, 0.3) is 0 Å². The second-order valence-electron chi connectivity index (χ2n) is 6.03. The van der Waals surface area contributed by atoms with Crippen molar-refractivity contribution in [2.24, 2.45) is 0 Å². The average molecular weight is 278 g/mol. The zero-order chi connectivity index (χ0) is 14.6. The van der Waals surface area contributed by atoms with Gasteiger partial charge in [-0.15, -0.1) is 0 Å². The number of rotatable bonds is 2. The lowest BCUT2D eigenvalue weighted by atomic mass is 10.1. The van der Waals surface area contributed by atoms with E-state index in [4.69, 9.17) is 4.74 Å². The number of hydrogen-bond donors (Lipinski definition) is 1. The Labute approximate surface area is 119 Å². The molecule has 0 bridgehead atoms. The molecule has 1 aliphatic rings. The molecule has 2 amide bonds. The van der Waals surface area contributed by atoms with E-state index >= 15 is 0 Å². The molecule has 6 nitrogen and oxygen atoms in total. The van der Waals surface area contributed by atoms with Crippen molar-refractivity contribution in [3.05, 3.63) is 18.6 Å². The third-order valence-corrected chi connectivity index (χ3v) is 3.04. The summed E-state index contributed by atoms with van der Waals surface area (Å²) >= 11 is 0. The number of nitrogens with zero attached hydrogens (tertiary/aromatic N) is 3. The Bertz CT molecular complexity index is 436. The van der Waals surface area contributed by atoms with Crippen molar-refractivity contribution in [2.75, 3.05) is 13.1 Å². The van der Waals surface area contributed by atoms with Crippen LogP contribution in [-0.4, -0.2) is 45.6 Å². The number of carbonyl (C=O) groups is 1. The minimum Gasteiger partial charge on any atom is -0.473 e. The molecule has 2 heterocycles. The highest BCUT2D eigenvalue weighted by Gasteiger charge is 2.26. The first-order valence-electron chi connectivity index (χ1n) is 6.94. The van der Waals surface area contributed by atoms with Crippen LogP contribution in [0.3, 0.4) is 0 Å². The fraction of sp³-hybridized carbons (Fsp3) is 0.643. The number of aromatic nitrogens is 2. The van der Waals surface area contributed by atoms with Gasteiger partial charge in [-0.25, -0.2) is 9.78 Å². The summed E-state index contributed by atoms with van der Waals surface area (Å²) in [6.07, 6.45) is 6.57. The molecule has 0 saturated carbocycles. The van der Waals surface area contributed by atoms with Gasteiger partial charge >= 0.3 is 6.03 Å². The third-order valence-electron chi connectivity index (χ3n) is 3.04. The molecule has 1 saturated heterocycles. The lowest BCUT2D eigenvalue weighted by molar-refractivity contribution is 0.105. The first-order valence-corrected chi connectivity index (χ1v) is 6.94. The number of hydrogen-bond acceptors (Lipinski definition) is 4. The maximum absolute atomic E-state index is 12.0. The molecule has 110 valence electrons. The highest BCUT2D eigenvalue weighted by molar-refractivity contribution is 5.75. The Morgan fingerprint density at radius 3 is 2.60 bits per heavy atom. The van der Waals surface area contributed by atoms with Crippen LogP contribution in [0.5, 0.6) is 5.88 Å². The molecule has 1 aromatic rings. The predicted octanol–water partition coefficient (Wildman–Crippen LogP) is 1.83. The highest BCUT2D eigenvalue weighted by atomic mass is 16.5. The van der Waals surface area contributed by atoms with Gasteiger partial charge in [0.15, 0.2) is 0 Å². The van der Waals surface area contributed by atoms with Crippen molar-refractivity contribution in [3.8, 4) is 5.88 Å². The Kier molecular flexibility index (Phi) is 4.42. The molecular formula is C14H22N4O2. The first kappa shape index (κ1) is 14.6. The van der Waals surface area contributed by atoms with Crippen LogP contribution in [0.2, 0.25) is 0 Å². The molecule has 20 heavy (non-hydrogen) atoms. The quantitative estimate of drug-likeness (QED) is 0.896. The average Bonchev–Trinajstić information content (AvgIpc) is 2.39. The summed E-state index contributed by atoms with van der Waals surface area (Å²) in [4.78, 5) is 21.9. The summed E-state index contributed by atoms with van der Waals surface area (Å²) in [6.45, 7) is 7.35. The summed E-state index contributed by atoms with van der Waals surface area (Å²) in [5.74, 6) is 0.546. The van der Waals surface area contributed by atoms with Crippen molar-refractivity contribution in [1.82, 2.24) is 20.2 Å². The number of piperidine rings is 1. The van der Waals surface area contributed by atoms with E-state index in [1.807, 2.05) is 25.7 Å². The largest absolute Gasteiger partial charge is 0.473 e. The molecule has 0 radical (unpaired) electrons. The summed E-state index contributed by atoms with van der Waals surface area (Å²) in [7, 11) is 0. The third kappa shape index (κ3) is 4.36. The zero-order valence-corrected chi connectivity index (χ0v) is 12.3. The van der Waals surface area contributed by atoms with Gasteiger partial charge in [0.05, 0.1) is 6.20 Å². The smallest absolute Gasteiger partial charge is 0.317 e. The van der Waals surface area contributed by atoms with Gasteiger partial charge in [0, 0.05) is 43.9 Å². The van der Waals surface area contributed by atoms with Crippen LogP contribution in [0.1, 0.15) is 33.6 Å². The van der Waals surface area contributed by atoms with Crippen LogP contribution in [0, 0.1) is 0 Å². The first-order chi connectivity index (χ1) is 9.44. The van der Waals surface area contributed by atoms with Crippen molar-refractivity contribution >= 4 is 6.03 Å². The van der Waals surface area contributed by atoms with Gasteiger partial charge in [0.25, 0.3) is 0 Å². The second kappa shape index (κ2) is 6.07. The minimum absolute atomic E-state index is 0.00421. The standard InChI is InChI=1S/C14H22N4O2/c1-14(2,3)17-13(19)18-8-4-11(5-9-18)20-12-10-15-6-7-16-12/h6-7,10-11H,4-5,8-9H2,1-3H3,(H,17,19). The van der Waals surface area contributed by atoms with E-state index in [1.54, 1.807) is 18.6 Å².